The van der Waals surface area contributed by atoms with E-state index in [0.29, 0.717) is 42.4 Å². The number of fused-ring (bicyclic) bond motifs is 1. The van der Waals surface area contributed by atoms with E-state index in [1.54, 1.807) is 33.5 Å². The maximum atomic E-state index is 14.6. The molecular weight excluding hydrogens is 397 g/mol. The van der Waals surface area contributed by atoms with Crippen molar-refractivity contribution in [3.63, 3.8) is 0 Å². The van der Waals surface area contributed by atoms with E-state index in [4.69, 9.17) is 18.9 Å². The molecule has 6 heteroatoms. The van der Waals surface area contributed by atoms with E-state index < -0.39 is 6.10 Å². The Balaban J connectivity index is 1.70. The van der Waals surface area contributed by atoms with Crippen LogP contribution in [0.25, 0.3) is 0 Å². The molecule has 1 unspecified atom stereocenters. The molecule has 5 nitrogen and oxygen atoms in total. The summed E-state index contributed by atoms with van der Waals surface area (Å²) in [4.78, 5) is 2.23. The van der Waals surface area contributed by atoms with Crippen molar-refractivity contribution in [2.24, 2.45) is 0 Å². The van der Waals surface area contributed by atoms with Crippen LogP contribution < -0.4 is 18.9 Å². The Morgan fingerprint density at radius 1 is 0.903 bits per heavy atom. The van der Waals surface area contributed by atoms with Crippen molar-refractivity contribution in [1.82, 2.24) is 4.90 Å². The van der Waals surface area contributed by atoms with Gasteiger partial charge in [0.2, 0.25) is 5.75 Å². The highest BCUT2D eigenvalue weighted by Gasteiger charge is 2.27. The molecule has 1 atom stereocenters. The second-order valence-electron chi connectivity index (χ2n) is 7.40. The topological polar surface area (TPSA) is 40.2 Å². The van der Waals surface area contributed by atoms with Gasteiger partial charge in [-0.2, -0.15) is 0 Å². The molecule has 0 fully saturated rings. The molecule has 0 spiro atoms. The van der Waals surface area contributed by atoms with E-state index >= 15 is 0 Å². The molecule has 0 aromatic heterocycles. The van der Waals surface area contributed by atoms with Crippen molar-refractivity contribution in [3.05, 3.63) is 83.2 Å². The smallest absolute Gasteiger partial charge is 0.203 e. The zero-order valence-corrected chi connectivity index (χ0v) is 17.9. The van der Waals surface area contributed by atoms with Crippen molar-refractivity contribution < 1.29 is 23.3 Å². The van der Waals surface area contributed by atoms with Crippen molar-refractivity contribution in [1.29, 1.82) is 0 Å². The van der Waals surface area contributed by atoms with Gasteiger partial charge in [-0.25, -0.2) is 4.39 Å². The van der Waals surface area contributed by atoms with Crippen molar-refractivity contribution in [3.8, 4) is 23.0 Å². The lowest BCUT2D eigenvalue weighted by atomic mass is 10.1. The van der Waals surface area contributed by atoms with Crippen LogP contribution in [0, 0.1) is 5.82 Å². The predicted molar refractivity (Wildman–Crippen MR) is 116 cm³/mol. The molecule has 0 radical (unpaired) electrons. The summed E-state index contributed by atoms with van der Waals surface area (Å²) in [7, 11) is 4.80. The molecule has 0 saturated carbocycles. The van der Waals surface area contributed by atoms with Crippen LogP contribution in [-0.2, 0) is 13.1 Å². The maximum Gasteiger partial charge on any atom is 0.203 e. The molecule has 162 valence electrons. The fraction of sp³-hybridized carbons (Fsp3) is 0.280. The summed E-state index contributed by atoms with van der Waals surface area (Å²) in [5.74, 6) is 2.30. The number of hydrogen-bond acceptors (Lipinski definition) is 5. The first kappa shape index (κ1) is 21.0. The minimum Gasteiger partial charge on any atom is -0.493 e. The molecule has 0 aliphatic carbocycles. The van der Waals surface area contributed by atoms with E-state index in [9.17, 15) is 4.39 Å². The fourth-order valence-electron chi connectivity index (χ4n) is 4.03. The van der Waals surface area contributed by atoms with Crippen molar-refractivity contribution in [2.45, 2.75) is 19.2 Å². The quantitative estimate of drug-likeness (QED) is 0.559. The predicted octanol–water partition coefficient (Wildman–Crippen LogP) is 4.99. The first-order valence-corrected chi connectivity index (χ1v) is 10.1. The third kappa shape index (κ3) is 4.30. The van der Waals surface area contributed by atoms with Gasteiger partial charge < -0.3 is 18.9 Å². The van der Waals surface area contributed by atoms with Gasteiger partial charge in [-0.05, 0) is 18.2 Å². The van der Waals surface area contributed by atoms with Crippen molar-refractivity contribution in [2.75, 3.05) is 27.9 Å². The summed E-state index contributed by atoms with van der Waals surface area (Å²) < 4.78 is 37.5. The highest BCUT2D eigenvalue weighted by Crippen LogP contribution is 2.41. The standard InChI is InChI=1S/C25H26FNO4/c1-28-22-13-12-18(24(29-2)25(22)30-3)15-27-14-17-8-4-7-11-21(17)31-23(16-27)19-9-5-6-10-20(19)26/h4-13,23H,14-16H2,1-3H3. The van der Waals surface area contributed by atoms with Gasteiger partial charge >= 0.3 is 0 Å². The maximum absolute atomic E-state index is 14.6. The molecule has 1 aliphatic heterocycles. The zero-order chi connectivity index (χ0) is 21.8. The minimum absolute atomic E-state index is 0.268. The minimum atomic E-state index is -0.434. The van der Waals surface area contributed by atoms with Gasteiger partial charge in [0.15, 0.2) is 11.5 Å². The number of rotatable bonds is 6. The summed E-state index contributed by atoms with van der Waals surface area (Å²) >= 11 is 0. The number of halogens is 1. The summed E-state index contributed by atoms with van der Waals surface area (Å²) in [6.45, 7) is 1.76. The second-order valence-corrected chi connectivity index (χ2v) is 7.40. The number of hydrogen-bond donors (Lipinski definition) is 0. The normalized spacial score (nSPS) is 16.1. The van der Waals surface area contributed by atoms with Crippen LogP contribution in [0.5, 0.6) is 23.0 Å². The van der Waals surface area contributed by atoms with Gasteiger partial charge in [0, 0.05) is 36.3 Å². The van der Waals surface area contributed by atoms with Gasteiger partial charge in [0.1, 0.15) is 17.7 Å². The summed E-state index contributed by atoms with van der Waals surface area (Å²) in [5.41, 5.74) is 2.55. The van der Waals surface area contributed by atoms with E-state index in [1.165, 1.54) is 6.07 Å². The van der Waals surface area contributed by atoms with Crippen LogP contribution >= 0.6 is 0 Å². The Morgan fingerprint density at radius 3 is 2.39 bits per heavy atom. The van der Waals surface area contributed by atoms with Gasteiger partial charge in [0.05, 0.1) is 21.3 Å². The Bertz CT molecular complexity index is 1060. The number of para-hydroxylation sites is 1. The molecule has 4 rings (SSSR count). The highest BCUT2D eigenvalue weighted by molar-refractivity contribution is 5.55. The van der Waals surface area contributed by atoms with Crippen molar-refractivity contribution >= 4 is 0 Å². The summed E-state index contributed by atoms with van der Waals surface area (Å²) in [6, 6.07) is 18.5. The summed E-state index contributed by atoms with van der Waals surface area (Å²) in [6.07, 6.45) is -0.434. The molecule has 0 saturated heterocycles. The molecule has 0 amide bonds. The molecule has 1 aliphatic rings. The van der Waals surface area contributed by atoms with Crippen LogP contribution in [0.15, 0.2) is 60.7 Å². The largest absolute Gasteiger partial charge is 0.493 e. The molecule has 3 aromatic rings. The number of benzene rings is 3. The van der Waals surface area contributed by atoms with E-state index in [0.717, 1.165) is 16.9 Å². The average molecular weight is 423 g/mol. The van der Waals surface area contributed by atoms with E-state index in [-0.39, 0.29) is 5.82 Å². The van der Waals surface area contributed by atoms with Crippen LogP contribution in [-0.4, -0.2) is 32.8 Å². The van der Waals surface area contributed by atoms with Crippen LogP contribution in [0.3, 0.4) is 0 Å². The third-order valence-corrected chi connectivity index (χ3v) is 5.49. The molecule has 3 aromatic carbocycles. The molecule has 31 heavy (non-hydrogen) atoms. The monoisotopic (exact) mass is 423 g/mol. The van der Waals surface area contributed by atoms with Gasteiger partial charge in [-0.1, -0.05) is 42.5 Å². The Morgan fingerprint density at radius 2 is 1.65 bits per heavy atom. The summed E-state index contributed by atoms with van der Waals surface area (Å²) in [5, 5.41) is 0. The van der Waals surface area contributed by atoms with Crippen LogP contribution in [0.4, 0.5) is 4.39 Å². The zero-order valence-electron chi connectivity index (χ0n) is 17.9. The molecule has 0 bridgehead atoms. The first-order chi connectivity index (χ1) is 15.1. The van der Waals surface area contributed by atoms with E-state index in [1.807, 2.05) is 42.5 Å². The van der Waals surface area contributed by atoms with E-state index in [2.05, 4.69) is 4.90 Å². The van der Waals surface area contributed by atoms with Gasteiger partial charge in [-0.15, -0.1) is 0 Å². The lowest BCUT2D eigenvalue weighted by Crippen LogP contribution is -2.28. The van der Waals surface area contributed by atoms with Gasteiger partial charge in [0.25, 0.3) is 0 Å². The lowest BCUT2D eigenvalue weighted by molar-refractivity contribution is 0.140. The van der Waals surface area contributed by atoms with Gasteiger partial charge in [-0.3, -0.25) is 4.90 Å². The fourth-order valence-corrected chi connectivity index (χ4v) is 4.03. The Labute approximate surface area is 181 Å². The molecule has 0 N–H and O–H groups in total. The average Bonchev–Trinajstić information content (AvgIpc) is 2.97. The Kier molecular flexibility index (Phi) is 6.28. The van der Waals surface area contributed by atoms with Crippen LogP contribution in [0.2, 0.25) is 0 Å². The first-order valence-electron chi connectivity index (χ1n) is 10.1. The second kappa shape index (κ2) is 9.27. The number of nitrogens with zero attached hydrogens (tertiary/aromatic N) is 1. The van der Waals surface area contributed by atoms with Crippen LogP contribution in [0.1, 0.15) is 22.8 Å². The highest BCUT2D eigenvalue weighted by atomic mass is 19.1. The Hall–Kier alpha value is -3.25. The lowest BCUT2D eigenvalue weighted by Gasteiger charge is -2.26. The SMILES string of the molecule is COc1ccc(CN2Cc3ccccc3OC(c3ccccc3F)C2)c(OC)c1OC. The third-order valence-electron chi connectivity index (χ3n) is 5.49. The number of methoxy groups -OCH3 is 3. The number of ether oxygens (including phenoxy) is 4. The molecular formula is C25H26FNO4. The molecule has 1 heterocycles.